The minimum absolute atomic E-state index is 0.0524. The third-order valence-electron chi connectivity index (χ3n) is 4.68. The van der Waals surface area contributed by atoms with E-state index in [1.54, 1.807) is 0 Å². The fourth-order valence-corrected chi connectivity index (χ4v) is 3.65. The van der Waals surface area contributed by atoms with Gasteiger partial charge in [0.25, 0.3) is 0 Å². The minimum Gasteiger partial charge on any atom is -0.460 e. The summed E-state index contributed by atoms with van der Waals surface area (Å²) < 4.78 is 29.3. The molecule has 0 saturated heterocycles. The van der Waals surface area contributed by atoms with E-state index in [9.17, 15) is 28.8 Å². The predicted molar refractivity (Wildman–Crippen MR) is 157 cm³/mol. The molecule has 0 bridgehead atoms. The molecule has 0 unspecified atom stereocenters. The van der Waals surface area contributed by atoms with E-state index in [2.05, 4.69) is 23.8 Å². The molecule has 0 aliphatic rings. The highest BCUT2D eigenvalue weighted by Gasteiger charge is 2.31. The SMILES string of the molecule is C=C(C)C(=O)OCCNC(=O)OCCOC(=O)c1c(Cl)c(Cl)c(Cl)c(Cl)c1C(=O)OCCOC(=O)NCCOC(=O)C(=C)C. The average molecular weight is 702 g/mol. The molecule has 0 aliphatic carbocycles. The van der Waals surface area contributed by atoms with Crippen molar-refractivity contribution in [3.05, 3.63) is 55.5 Å². The highest BCUT2D eigenvalue weighted by Crippen LogP contribution is 2.42. The third-order valence-corrected chi connectivity index (χ3v) is 6.48. The van der Waals surface area contributed by atoms with Gasteiger partial charge in [-0.3, -0.25) is 0 Å². The van der Waals surface area contributed by atoms with Crippen LogP contribution >= 0.6 is 46.4 Å². The molecule has 18 heteroatoms. The number of carbonyl (C=O) groups is 6. The second-order valence-electron chi connectivity index (χ2n) is 8.24. The molecule has 0 heterocycles. The summed E-state index contributed by atoms with van der Waals surface area (Å²) in [6, 6.07) is 0. The topological polar surface area (TPSA) is 182 Å². The van der Waals surface area contributed by atoms with Gasteiger partial charge >= 0.3 is 36.1 Å². The van der Waals surface area contributed by atoms with E-state index < -0.39 is 83.7 Å². The van der Waals surface area contributed by atoms with Crippen molar-refractivity contribution in [2.45, 2.75) is 13.8 Å². The summed E-state index contributed by atoms with van der Waals surface area (Å²) in [6.45, 7) is 7.63. The summed E-state index contributed by atoms with van der Waals surface area (Å²) in [7, 11) is 0. The van der Waals surface area contributed by atoms with Crippen molar-refractivity contribution in [3.63, 3.8) is 0 Å². The van der Waals surface area contributed by atoms with Crippen LogP contribution in [0.4, 0.5) is 9.59 Å². The second-order valence-corrected chi connectivity index (χ2v) is 9.75. The number of carbonyl (C=O) groups excluding carboxylic acids is 6. The maximum Gasteiger partial charge on any atom is 0.407 e. The molecule has 0 atom stereocenters. The van der Waals surface area contributed by atoms with Gasteiger partial charge in [-0.1, -0.05) is 59.6 Å². The van der Waals surface area contributed by atoms with Gasteiger partial charge in [0.1, 0.15) is 39.6 Å². The van der Waals surface area contributed by atoms with Crippen LogP contribution in [0.3, 0.4) is 0 Å². The molecule has 14 nitrogen and oxygen atoms in total. The van der Waals surface area contributed by atoms with Crippen LogP contribution in [0.15, 0.2) is 24.3 Å². The van der Waals surface area contributed by atoms with Crippen molar-refractivity contribution in [1.29, 1.82) is 0 Å². The fraction of sp³-hybridized carbons (Fsp3) is 0.385. The highest BCUT2D eigenvalue weighted by molar-refractivity contribution is 6.54. The van der Waals surface area contributed by atoms with Crippen LogP contribution in [0.5, 0.6) is 0 Å². The molecule has 2 N–H and O–H groups in total. The van der Waals surface area contributed by atoms with Gasteiger partial charge in [0.15, 0.2) is 0 Å². The molecule has 0 fully saturated rings. The average Bonchev–Trinajstić information content (AvgIpc) is 2.97. The molecule has 0 saturated carbocycles. The molecule has 0 spiro atoms. The van der Waals surface area contributed by atoms with Crippen LogP contribution in [-0.2, 0) is 38.0 Å². The maximum absolute atomic E-state index is 12.8. The molecule has 0 radical (unpaired) electrons. The number of benzene rings is 1. The summed E-state index contributed by atoms with van der Waals surface area (Å²) in [4.78, 5) is 71.6. The van der Waals surface area contributed by atoms with Crippen molar-refractivity contribution in [2.75, 3.05) is 52.7 Å². The second kappa shape index (κ2) is 19.5. The van der Waals surface area contributed by atoms with E-state index in [4.69, 9.17) is 74.8 Å². The summed E-state index contributed by atoms with van der Waals surface area (Å²) >= 11 is 24.4. The van der Waals surface area contributed by atoms with Crippen molar-refractivity contribution in [2.24, 2.45) is 0 Å². The molecule has 1 aromatic carbocycles. The van der Waals surface area contributed by atoms with Gasteiger partial charge in [-0.2, -0.15) is 0 Å². The van der Waals surface area contributed by atoms with E-state index in [0.29, 0.717) is 0 Å². The first kappa shape index (κ1) is 38.3. The Balaban J connectivity index is 2.65. The third kappa shape index (κ3) is 12.9. The fourth-order valence-electron chi connectivity index (χ4n) is 2.64. The Labute approximate surface area is 271 Å². The lowest BCUT2D eigenvalue weighted by molar-refractivity contribution is -0.139. The first-order valence-corrected chi connectivity index (χ1v) is 13.9. The predicted octanol–water partition coefficient (Wildman–Crippen LogP) is 4.30. The van der Waals surface area contributed by atoms with Crippen LogP contribution < -0.4 is 10.6 Å². The smallest absolute Gasteiger partial charge is 0.407 e. The molecule has 0 aliphatic heterocycles. The number of nitrogens with one attached hydrogen (secondary N) is 2. The van der Waals surface area contributed by atoms with Crippen molar-refractivity contribution >= 4 is 82.5 Å². The monoisotopic (exact) mass is 700 g/mol. The first-order valence-electron chi connectivity index (χ1n) is 12.4. The normalized spacial score (nSPS) is 10.1. The molecule has 0 aromatic heterocycles. The van der Waals surface area contributed by atoms with Gasteiger partial charge in [0.2, 0.25) is 0 Å². The van der Waals surface area contributed by atoms with Gasteiger partial charge < -0.3 is 39.1 Å². The Kier molecular flexibility index (Phi) is 17.0. The summed E-state index contributed by atoms with van der Waals surface area (Å²) in [5, 5.41) is 2.98. The minimum atomic E-state index is -1.18. The zero-order valence-electron chi connectivity index (χ0n) is 23.5. The number of rotatable bonds is 16. The summed E-state index contributed by atoms with van der Waals surface area (Å²) in [5.41, 5.74) is -0.770. The number of esters is 4. The van der Waals surface area contributed by atoms with E-state index in [-0.39, 0.29) is 47.5 Å². The largest absolute Gasteiger partial charge is 0.460 e. The number of alkyl carbamates (subject to hydrolysis) is 2. The van der Waals surface area contributed by atoms with Gasteiger partial charge in [0, 0.05) is 11.1 Å². The van der Waals surface area contributed by atoms with Gasteiger partial charge in [-0.25, -0.2) is 28.8 Å². The van der Waals surface area contributed by atoms with Crippen LogP contribution in [0.1, 0.15) is 34.6 Å². The quantitative estimate of drug-likeness (QED) is 0.0623. The first-order chi connectivity index (χ1) is 20.7. The Morgan fingerprint density at radius 1 is 0.523 bits per heavy atom. The summed E-state index contributed by atoms with van der Waals surface area (Å²) in [5.74, 6) is -3.60. The summed E-state index contributed by atoms with van der Waals surface area (Å²) in [6.07, 6.45) is -1.79. The molecular weight excluding hydrogens is 674 g/mol. The van der Waals surface area contributed by atoms with Crippen molar-refractivity contribution < 1.29 is 57.2 Å². The Morgan fingerprint density at radius 2 is 0.841 bits per heavy atom. The number of hydrogen-bond acceptors (Lipinski definition) is 12. The van der Waals surface area contributed by atoms with E-state index >= 15 is 0 Å². The molecule has 2 amide bonds. The number of hydrogen-bond donors (Lipinski definition) is 2. The standard InChI is InChI=1S/C26H28Cl4N2O12/c1-13(2)21(33)39-7-5-31-25(37)43-11-9-41-23(35)15-16(18(28)20(30)19(29)17(15)27)24(36)42-10-12-44-26(38)32-6-8-40-22(34)14(3)4/h1,3,5-12H2,2,4H3,(H,31,37)(H,32,38). The Bertz CT molecular complexity index is 1210. The van der Waals surface area contributed by atoms with Gasteiger partial charge in [-0.05, 0) is 13.8 Å². The van der Waals surface area contributed by atoms with Gasteiger partial charge in [0.05, 0.1) is 44.3 Å². The van der Waals surface area contributed by atoms with E-state index in [1.807, 2.05) is 0 Å². The number of ether oxygens (including phenoxy) is 6. The molecule has 44 heavy (non-hydrogen) atoms. The number of halogens is 4. The van der Waals surface area contributed by atoms with E-state index in [1.165, 1.54) is 13.8 Å². The lowest BCUT2D eigenvalue weighted by Gasteiger charge is -2.15. The number of amides is 2. The van der Waals surface area contributed by atoms with Crippen LogP contribution in [0.2, 0.25) is 20.1 Å². The molecule has 242 valence electrons. The zero-order chi connectivity index (χ0) is 33.4. The lowest BCUT2D eigenvalue weighted by Crippen LogP contribution is -2.30. The zero-order valence-corrected chi connectivity index (χ0v) is 26.5. The molecular formula is C26H28Cl4N2O12. The van der Waals surface area contributed by atoms with Crippen LogP contribution in [0, 0.1) is 0 Å². The molecule has 1 rings (SSSR count). The van der Waals surface area contributed by atoms with Crippen molar-refractivity contribution in [1.82, 2.24) is 10.6 Å². The van der Waals surface area contributed by atoms with E-state index in [0.717, 1.165) is 0 Å². The van der Waals surface area contributed by atoms with Crippen LogP contribution in [0.25, 0.3) is 0 Å². The van der Waals surface area contributed by atoms with Crippen molar-refractivity contribution in [3.8, 4) is 0 Å². The maximum atomic E-state index is 12.8. The lowest BCUT2D eigenvalue weighted by atomic mass is 10.1. The Morgan fingerprint density at radius 3 is 1.16 bits per heavy atom. The Hall–Kier alpha value is -3.72. The van der Waals surface area contributed by atoms with Crippen LogP contribution in [-0.4, -0.2) is 88.8 Å². The molecule has 1 aromatic rings. The van der Waals surface area contributed by atoms with Gasteiger partial charge in [-0.15, -0.1) is 0 Å². The highest BCUT2D eigenvalue weighted by atomic mass is 35.5.